The summed E-state index contributed by atoms with van der Waals surface area (Å²) in [5.74, 6) is 0.980. The third-order valence-corrected chi connectivity index (χ3v) is 6.68. The molecule has 2 aliphatic rings. The molecule has 0 saturated carbocycles. The van der Waals surface area contributed by atoms with E-state index in [0.29, 0.717) is 6.73 Å². The van der Waals surface area contributed by atoms with Gasteiger partial charge >= 0.3 is 0 Å². The zero-order valence-electron chi connectivity index (χ0n) is 19.7. The van der Waals surface area contributed by atoms with Crippen molar-refractivity contribution in [2.75, 3.05) is 48.1 Å². The average Bonchev–Trinajstić information content (AvgIpc) is 2.76. The third kappa shape index (κ3) is 11.6. The SMILES string of the molecule is C[Si](C)(C)CCOCN1CCNc2c[c-]cnc21.O=[C-]N1CCCc2nc[c-]cc21.[W].[W].[W].[W]. The number of aryl methyl sites for hydroxylation is 1. The van der Waals surface area contributed by atoms with Gasteiger partial charge in [0.2, 0.25) is 0 Å². The number of anilines is 3. The first-order chi connectivity index (χ1) is 14.5. The van der Waals surface area contributed by atoms with Crippen LogP contribution < -0.4 is 15.1 Å². The van der Waals surface area contributed by atoms with Gasteiger partial charge in [0.05, 0.1) is 12.2 Å². The second kappa shape index (κ2) is 18.5. The molecule has 0 bridgehead atoms. The summed E-state index contributed by atoms with van der Waals surface area (Å²) in [5, 5.41) is 3.32. The van der Waals surface area contributed by atoms with Crippen LogP contribution in [0.4, 0.5) is 17.2 Å². The summed E-state index contributed by atoms with van der Waals surface area (Å²) >= 11 is 0. The van der Waals surface area contributed by atoms with Crippen LogP contribution in [0.25, 0.3) is 0 Å². The number of amides is 1. The summed E-state index contributed by atoms with van der Waals surface area (Å²) in [6.45, 7) is 11.2. The standard InChI is InChI=1S/C13H22N3OSi.C9H8N2O.4W/c1-18(2,3)10-9-17-11-16-8-7-14-12-5-4-6-15-13(12)16;12-7-11-6-2-3-8-9(11)4-1-5-10-8;;;;/h5-6,14H,7-11H2,1-3H3;4-5H,2-3,6H2;;;;/q-1;-2;;;;. The molecule has 0 fully saturated rings. The minimum absolute atomic E-state index is 0. The largest absolute Gasteiger partial charge is 0.476 e. The molecule has 0 unspecified atom stereocenters. The predicted molar refractivity (Wildman–Crippen MR) is 122 cm³/mol. The zero-order chi connectivity index (χ0) is 21.4. The zero-order valence-corrected chi connectivity index (χ0v) is 32.4. The Kier molecular flexibility index (Phi) is 19.9. The number of carbonyl (C=O) groups excluding carboxylic acids is 1. The van der Waals surface area contributed by atoms with Crippen LogP contribution in [0.5, 0.6) is 0 Å². The normalized spacial score (nSPS) is 13.5. The third-order valence-electron chi connectivity index (χ3n) is 4.98. The molecular formula is C22H30N5O2SiW4-3. The number of pyridine rings is 2. The Morgan fingerprint density at radius 1 is 1.09 bits per heavy atom. The van der Waals surface area contributed by atoms with E-state index in [-0.39, 0.29) is 84.3 Å². The molecule has 0 radical (unpaired) electrons. The Labute approximate surface area is 262 Å². The number of nitrogens with zero attached hydrogens (tertiary/aromatic N) is 4. The molecule has 2 aromatic rings. The number of aromatic nitrogens is 2. The minimum Gasteiger partial charge on any atom is -0.476 e. The molecule has 0 saturated heterocycles. The van der Waals surface area contributed by atoms with Crippen LogP contribution in [-0.2, 0) is 100 Å². The van der Waals surface area contributed by atoms with Gasteiger partial charge in [0.15, 0.2) is 0 Å². The van der Waals surface area contributed by atoms with Crippen molar-refractivity contribution >= 4 is 31.7 Å². The van der Waals surface area contributed by atoms with Crippen LogP contribution in [0, 0.1) is 12.1 Å². The van der Waals surface area contributed by atoms with Gasteiger partial charge in [-0.25, -0.2) is 24.3 Å². The molecule has 0 atom stereocenters. The van der Waals surface area contributed by atoms with Gasteiger partial charge in [-0.1, -0.05) is 37.7 Å². The van der Waals surface area contributed by atoms with Gasteiger partial charge in [-0.2, -0.15) is 0 Å². The van der Waals surface area contributed by atoms with Crippen molar-refractivity contribution in [1.29, 1.82) is 0 Å². The fourth-order valence-corrected chi connectivity index (χ4v) is 4.03. The summed E-state index contributed by atoms with van der Waals surface area (Å²) in [7, 11) is -0.992. The second-order valence-electron chi connectivity index (χ2n) is 8.59. The van der Waals surface area contributed by atoms with E-state index in [9.17, 15) is 4.79 Å². The smallest absolute Gasteiger partial charge is 0.119 e. The predicted octanol–water partition coefficient (Wildman–Crippen LogP) is 3.12. The number of rotatable bonds is 6. The summed E-state index contributed by atoms with van der Waals surface area (Å²) in [5.41, 5.74) is 2.89. The Morgan fingerprint density at radius 3 is 2.50 bits per heavy atom. The van der Waals surface area contributed by atoms with Gasteiger partial charge in [-0.15, -0.1) is 5.69 Å². The van der Waals surface area contributed by atoms with E-state index in [1.54, 1.807) is 23.4 Å². The Hall–Kier alpha value is 0.300. The Bertz CT molecular complexity index is 845. The quantitative estimate of drug-likeness (QED) is 0.273. The maximum Gasteiger partial charge on any atom is 0.119 e. The van der Waals surface area contributed by atoms with E-state index in [1.807, 2.05) is 12.5 Å². The van der Waals surface area contributed by atoms with Crippen LogP contribution in [0.15, 0.2) is 24.5 Å². The first-order valence-electron chi connectivity index (χ1n) is 10.4. The first kappa shape index (κ1) is 36.5. The van der Waals surface area contributed by atoms with Crippen LogP contribution >= 0.6 is 0 Å². The van der Waals surface area contributed by atoms with Crippen molar-refractivity contribution in [2.45, 2.75) is 38.5 Å². The molecule has 4 rings (SSSR count). The fraction of sp³-hybridized carbons (Fsp3) is 0.500. The number of ether oxygens (including phenoxy) is 1. The van der Waals surface area contributed by atoms with Crippen LogP contribution in [-0.4, -0.2) is 57.4 Å². The molecule has 0 aromatic carbocycles. The van der Waals surface area contributed by atoms with Crippen LogP contribution in [0.2, 0.25) is 25.7 Å². The average molecular weight is 1160 g/mol. The van der Waals surface area contributed by atoms with E-state index in [0.717, 1.165) is 62.0 Å². The van der Waals surface area contributed by atoms with Gasteiger partial charge in [0.25, 0.3) is 0 Å². The molecule has 0 spiro atoms. The molecule has 2 aliphatic heterocycles. The maximum absolute atomic E-state index is 10.5. The van der Waals surface area contributed by atoms with Gasteiger partial charge in [-0.05, 0) is 31.1 Å². The number of nitrogens with one attached hydrogen (secondary N) is 1. The van der Waals surface area contributed by atoms with Crippen LogP contribution in [0.1, 0.15) is 12.1 Å². The van der Waals surface area contributed by atoms with Crippen molar-refractivity contribution in [3.05, 3.63) is 42.4 Å². The molecule has 34 heavy (non-hydrogen) atoms. The summed E-state index contributed by atoms with van der Waals surface area (Å²) in [6, 6.07) is 10.8. The summed E-state index contributed by atoms with van der Waals surface area (Å²) in [4.78, 5) is 22.7. The molecule has 186 valence electrons. The molecular weight excluding hydrogens is 1130 g/mol. The molecule has 4 heterocycles. The molecule has 1 amide bonds. The second-order valence-corrected chi connectivity index (χ2v) is 14.2. The van der Waals surface area contributed by atoms with Crippen molar-refractivity contribution < 1.29 is 93.8 Å². The van der Waals surface area contributed by atoms with Crippen molar-refractivity contribution in [3.8, 4) is 0 Å². The van der Waals surface area contributed by atoms with E-state index in [2.05, 4.69) is 52.0 Å². The van der Waals surface area contributed by atoms with Gasteiger partial charge < -0.3 is 24.6 Å². The Balaban J connectivity index is 0. The van der Waals surface area contributed by atoms with Crippen LogP contribution in [0.3, 0.4) is 0 Å². The van der Waals surface area contributed by atoms with E-state index in [4.69, 9.17) is 4.74 Å². The molecule has 0 aliphatic carbocycles. The molecule has 1 N–H and O–H groups in total. The molecule has 12 heteroatoms. The van der Waals surface area contributed by atoms with Crippen molar-refractivity contribution in [2.24, 2.45) is 0 Å². The minimum atomic E-state index is -0.992. The monoisotopic (exact) mass is 1160 g/mol. The maximum atomic E-state index is 10.5. The molecule has 7 nitrogen and oxygen atoms in total. The molecule has 2 aromatic heterocycles. The fourth-order valence-electron chi connectivity index (χ4n) is 3.27. The number of fused-ring (bicyclic) bond motifs is 2. The van der Waals surface area contributed by atoms with E-state index < -0.39 is 8.07 Å². The van der Waals surface area contributed by atoms with Gasteiger partial charge in [-0.3, -0.25) is 9.97 Å². The number of hydrogen-bond donors (Lipinski definition) is 1. The Morgan fingerprint density at radius 2 is 1.79 bits per heavy atom. The van der Waals surface area contributed by atoms with Gasteiger partial charge in [0.1, 0.15) is 6.73 Å². The van der Waals surface area contributed by atoms with E-state index in [1.165, 1.54) is 6.04 Å². The number of hydrogen-bond acceptors (Lipinski definition) is 6. The van der Waals surface area contributed by atoms with Crippen molar-refractivity contribution in [1.82, 2.24) is 9.97 Å². The van der Waals surface area contributed by atoms with E-state index >= 15 is 0 Å². The van der Waals surface area contributed by atoms with Gasteiger partial charge in [0, 0.05) is 112 Å². The first-order valence-corrected chi connectivity index (χ1v) is 14.1. The summed E-state index contributed by atoms with van der Waals surface area (Å²) < 4.78 is 5.79. The topological polar surface area (TPSA) is 70.6 Å². The summed E-state index contributed by atoms with van der Waals surface area (Å²) in [6.07, 6.45) is 7.14. The van der Waals surface area contributed by atoms with Crippen molar-refractivity contribution in [3.63, 3.8) is 0 Å².